The highest BCUT2D eigenvalue weighted by Crippen LogP contribution is 2.51. The first-order valence-corrected chi connectivity index (χ1v) is 14.0. The van der Waals surface area contributed by atoms with Gasteiger partial charge in [0, 0.05) is 24.1 Å². The Bertz CT molecular complexity index is 1240. The molecule has 1 N–H and O–H groups in total. The fourth-order valence-electron chi connectivity index (χ4n) is 5.11. The zero-order chi connectivity index (χ0) is 25.5. The molecule has 1 saturated heterocycles. The number of rotatable bonds is 6. The SMILES string of the molecule is CC1(C)[C@@H](C(c2ccc(S(C)(=O)=O)cc2)=S(=O)=O)CC[C@@]1(C)NCC(=O)N1C[C@@H](F)C[C@H]1C#N. The molecule has 3 rings (SSSR count). The molecule has 1 aliphatic heterocycles. The second-order valence-electron chi connectivity index (χ2n) is 9.92. The van der Waals surface area contributed by atoms with Crippen LogP contribution in [0.1, 0.15) is 45.6 Å². The van der Waals surface area contributed by atoms with Crippen molar-refractivity contribution in [3.63, 3.8) is 0 Å². The molecule has 4 atom stereocenters. The number of nitrogens with zero attached hydrogens (tertiary/aromatic N) is 2. The number of nitriles is 1. The van der Waals surface area contributed by atoms with Crippen molar-refractivity contribution in [2.24, 2.45) is 11.3 Å². The number of likely N-dealkylation sites (tertiary alicyclic amines) is 1. The molecule has 0 unspecified atom stereocenters. The van der Waals surface area contributed by atoms with Crippen molar-refractivity contribution < 1.29 is 26.0 Å². The Balaban J connectivity index is 1.82. The summed E-state index contributed by atoms with van der Waals surface area (Å²) in [4.78, 5) is 14.3. The van der Waals surface area contributed by atoms with Gasteiger partial charge in [-0.25, -0.2) is 12.8 Å². The molecule has 1 heterocycles. The lowest BCUT2D eigenvalue weighted by Gasteiger charge is -2.43. The zero-order valence-corrected chi connectivity index (χ0v) is 21.3. The number of nitrogens with one attached hydrogen (secondary N) is 1. The Labute approximate surface area is 201 Å². The normalized spacial score (nSPS) is 28.5. The second-order valence-corrected chi connectivity index (χ2v) is 12.8. The molecule has 8 nitrogen and oxygen atoms in total. The molecule has 186 valence electrons. The number of halogens is 1. The molecule has 0 radical (unpaired) electrons. The summed E-state index contributed by atoms with van der Waals surface area (Å²) in [5.41, 5.74) is -0.774. The predicted octanol–water partition coefficient (Wildman–Crippen LogP) is 1.74. The number of alkyl halides is 1. The maximum atomic E-state index is 13.7. The van der Waals surface area contributed by atoms with E-state index in [0.717, 1.165) is 6.26 Å². The van der Waals surface area contributed by atoms with Gasteiger partial charge in [-0.2, -0.15) is 13.7 Å². The summed E-state index contributed by atoms with van der Waals surface area (Å²) in [5.74, 6) is -0.739. The van der Waals surface area contributed by atoms with Crippen LogP contribution in [0, 0.1) is 22.7 Å². The highest BCUT2D eigenvalue weighted by atomic mass is 32.2. The minimum absolute atomic E-state index is 0.0127. The van der Waals surface area contributed by atoms with Crippen LogP contribution in [0.25, 0.3) is 0 Å². The molecule has 0 aromatic heterocycles. The first-order chi connectivity index (χ1) is 15.7. The van der Waals surface area contributed by atoms with Crippen LogP contribution in [0.2, 0.25) is 0 Å². The Morgan fingerprint density at radius 1 is 1.26 bits per heavy atom. The highest BCUT2D eigenvalue weighted by molar-refractivity contribution is 7.90. The standard InChI is InChI=1S/C23H30FN3O5S2/c1-22(2)19(21(33(29)30)15-5-7-18(8-6-15)34(4,31)32)9-10-23(22,3)26-13-20(28)27-14-16(24)11-17(27)12-25/h5-8,16-17,19,26H,9-11,13-14H2,1-4H3/t16-,17-,19+,23+/m0/s1. The van der Waals surface area contributed by atoms with Gasteiger partial charge in [-0.3, -0.25) is 4.79 Å². The summed E-state index contributed by atoms with van der Waals surface area (Å²) in [7, 11) is -5.95. The number of hydrogen-bond acceptors (Lipinski definition) is 7. The Kier molecular flexibility index (Phi) is 7.27. The van der Waals surface area contributed by atoms with Gasteiger partial charge in [0.15, 0.2) is 9.84 Å². The van der Waals surface area contributed by atoms with Gasteiger partial charge in [0.1, 0.15) is 12.2 Å². The maximum absolute atomic E-state index is 13.7. The highest BCUT2D eigenvalue weighted by Gasteiger charge is 2.53. The molecule has 1 aromatic rings. The minimum atomic E-state index is -3.41. The van der Waals surface area contributed by atoms with Crippen LogP contribution < -0.4 is 5.32 Å². The summed E-state index contributed by atoms with van der Waals surface area (Å²) in [5, 5.41) is 12.5. The summed E-state index contributed by atoms with van der Waals surface area (Å²) in [6.07, 6.45) is 1.02. The van der Waals surface area contributed by atoms with Gasteiger partial charge in [-0.15, -0.1) is 0 Å². The van der Waals surface area contributed by atoms with Crippen molar-refractivity contribution in [3.05, 3.63) is 29.8 Å². The quantitative estimate of drug-likeness (QED) is 0.456. The van der Waals surface area contributed by atoms with Crippen molar-refractivity contribution in [2.45, 2.75) is 62.7 Å². The van der Waals surface area contributed by atoms with Crippen molar-refractivity contribution in [2.75, 3.05) is 19.3 Å². The van der Waals surface area contributed by atoms with Crippen molar-refractivity contribution in [1.82, 2.24) is 10.2 Å². The third kappa shape index (κ3) is 4.90. The van der Waals surface area contributed by atoms with Gasteiger partial charge in [-0.05, 0) is 42.9 Å². The summed E-state index contributed by atoms with van der Waals surface area (Å²) in [6, 6.07) is 7.00. The van der Waals surface area contributed by atoms with E-state index in [4.69, 9.17) is 0 Å². The average molecular weight is 512 g/mol. The fraction of sp³-hybridized carbons (Fsp3) is 0.609. The molecule has 0 spiro atoms. The summed E-state index contributed by atoms with van der Waals surface area (Å²) in [6.45, 7) is 5.62. The molecule has 34 heavy (non-hydrogen) atoms. The topological polar surface area (TPSA) is 124 Å². The molecule has 11 heteroatoms. The molecular formula is C23H30FN3O5S2. The number of carbonyl (C=O) groups excluding carboxylic acids is 1. The van der Waals surface area contributed by atoms with E-state index in [1.807, 2.05) is 26.8 Å². The molecule has 2 aliphatic rings. The third-order valence-corrected chi connectivity index (χ3v) is 9.65. The summed E-state index contributed by atoms with van der Waals surface area (Å²) < 4.78 is 61.9. The van der Waals surface area contributed by atoms with Crippen LogP contribution in [0.5, 0.6) is 0 Å². The Hall–Kier alpha value is -2.29. The van der Waals surface area contributed by atoms with Crippen LogP contribution in [-0.2, 0) is 24.9 Å². The molecular weight excluding hydrogens is 481 g/mol. The van der Waals surface area contributed by atoms with Crippen LogP contribution in [0.15, 0.2) is 29.2 Å². The van der Waals surface area contributed by atoms with Gasteiger partial charge in [0.2, 0.25) is 16.2 Å². The van der Waals surface area contributed by atoms with E-state index in [1.165, 1.54) is 29.2 Å². The van der Waals surface area contributed by atoms with Crippen molar-refractivity contribution >= 4 is 30.9 Å². The predicted molar refractivity (Wildman–Crippen MR) is 126 cm³/mol. The van der Waals surface area contributed by atoms with E-state index in [-0.39, 0.29) is 41.1 Å². The smallest absolute Gasteiger partial charge is 0.237 e. The molecule has 1 amide bonds. The zero-order valence-electron chi connectivity index (χ0n) is 19.7. The average Bonchev–Trinajstić information content (AvgIpc) is 3.24. The lowest BCUT2D eigenvalue weighted by atomic mass is 9.69. The van der Waals surface area contributed by atoms with E-state index in [1.54, 1.807) is 0 Å². The van der Waals surface area contributed by atoms with Gasteiger partial charge < -0.3 is 10.2 Å². The van der Waals surface area contributed by atoms with Crippen LogP contribution in [0.4, 0.5) is 4.39 Å². The van der Waals surface area contributed by atoms with E-state index >= 15 is 0 Å². The lowest BCUT2D eigenvalue weighted by Crippen LogP contribution is -2.56. The molecule has 1 aliphatic carbocycles. The van der Waals surface area contributed by atoms with Crippen LogP contribution in [-0.4, -0.2) is 69.6 Å². The van der Waals surface area contributed by atoms with E-state index in [9.17, 15) is 31.3 Å². The monoisotopic (exact) mass is 511 g/mol. The van der Waals surface area contributed by atoms with Crippen molar-refractivity contribution in [1.29, 1.82) is 5.26 Å². The Morgan fingerprint density at radius 3 is 2.41 bits per heavy atom. The molecule has 1 saturated carbocycles. The number of benzene rings is 1. The number of carbonyl (C=O) groups is 1. The molecule has 2 fully saturated rings. The number of sulfone groups is 1. The van der Waals surface area contributed by atoms with Gasteiger partial charge in [0.25, 0.3) is 0 Å². The van der Waals surface area contributed by atoms with E-state index in [0.29, 0.717) is 18.4 Å². The van der Waals surface area contributed by atoms with Crippen LogP contribution >= 0.6 is 0 Å². The fourth-order valence-corrected chi connectivity index (χ4v) is 6.71. The lowest BCUT2D eigenvalue weighted by molar-refractivity contribution is -0.131. The molecule has 0 bridgehead atoms. The van der Waals surface area contributed by atoms with E-state index in [2.05, 4.69) is 5.32 Å². The largest absolute Gasteiger partial charge is 0.323 e. The van der Waals surface area contributed by atoms with Gasteiger partial charge in [-0.1, -0.05) is 26.0 Å². The summed E-state index contributed by atoms with van der Waals surface area (Å²) >= 11 is 0. The molecule has 1 aromatic carbocycles. The maximum Gasteiger partial charge on any atom is 0.237 e. The first-order valence-electron chi connectivity index (χ1n) is 11.1. The van der Waals surface area contributed by atoms with Gasteiger partial charge in [0.05, 0.1) is 28.9 Å². The second kappa shape index (κ2) is 9.40. The number of amides is 1. The van der Waals surface area contributed by atoms with Crippen molar-refractivity contribution in [3.8, 4) is 6.07 Å². The van der Waals surface area contributed by atoms with Crippen LogP contribution in [0.3, 0.4) is 0 Å². The van der Waals surface area contributed by atoms with Gasteiger partial charge >= 0.3 is 0 Å². The minimum Gasteiger partial charge on any atom is -0.323 e. The third-order valence-electron chi connectivity index (χ3n) is 7.64. The first kappa shape index (κ1) is 26.3. The Morgan fingerprint density at radius 2 is 1.88 bits per heavy atom. The van der Waals surface area contributed by atoms with E-state index < -0.39 is 43.3 Å². The number of hydrogen-bond donors (Lipinski definition) is 1.